The van der Waals surface area contributed by atoms with Crippen molar-refractivity contribution < 1.29 is 24.1 Å². The molecule has 4 aromatic carbocycles. The third-order valence-corrected chi connectivity index (χ3v) is 6.69. The van der Waals surface area contributed by atoms with Gasteiger partial charge in [0.25, 0.3) is 5.69 Å². The number of non-ortho nitro benzene ring substituents is 1. The van der Waals surface area contributed by atoms with Crippen LogP contribution in [0.25, 0.3) is 0 Å². The van der Waals surface area contributed by atoms with Gasteiger partial charge >= 0.3 is 5.97 Å². The molecule has 8 nitrogen and oxygen atoms in total. The van der Waals surface area contributed by atoms with Gasteiger partial charge in [0, 0.05) is 51.1 Å². The first-order chi connectivity index (χ1) is 18.7. The Morgan fingerprint density at radius 3 is 1.92 bits per heavy atom. The van der Waals surface area contributed by atoms with Crippen LogP contribution in [-0.2, 0) is 9.63 Å². The van der Waals surface area contributed by atoms with Crippen LogP contribution in [0.4, 0.5) is 5.69 Å². The molecular formula is C30H22N2O6S. The minimum Gasteiger partial charge on any atom is -0.318 e. The summed E-state index contributed by atoms with van der Waals surface area (Å²) < 4.78 is 0. The lowest BCUT2D eigenvalue weighted by atomic mass is 9.97. The van der Waals surface area contributed by atoms with E-state index in [1.54, 1.807) is 55.5 Å². The van der Waals surface area contributed by atoms with Gasteiger partial charge in [0.05, 0.1) is 4.92 Å². The molecule has 0 bridgehead atoms. The van der Waals surface area contributed by atoms with E-state index in [4.69, 9.17) is 4.84 Å². The van der Waals surface area contributed by atoms with E-state index in [-0.39, 0.29) is 28.3 Å². The van der Waals surface area contributed by atoms with Crippen molar-refractivity contribution in [2.75, 3.05) is 0 Å². The van der Waals surface area contributed by atoms with Gasteiger partial charge in [-0.2, -0.15) is 0 Å². The average molecular weight is 539 g/mol. The van der Waals surface area contributed by atoms with Crippen LogP contribution in [0.3, 0.4) is 0 Å². The van der Waals surface area contributed by atoms with Crippen molar-refractivity contribution in [2.24, 2.45) is 5.16 Å². The highest BCUT2D eigenvalue weighted by molar-refractivity contribution is 7.99. The molecule has 0 heterocycles. The zero-order valence-corrected chi connectivity index (χ0v) is 21.8. The molecule has 0 saturated heterocycles. The Balaban J connectivity index is 1.53. The molecule has 194 valence electrons. The fourth-order valence-electron chi connectivity index (χ4n) is 3.68. The Kier molecular flexibility index (Phi) is 8.43. The zero-order chi connectivity index (χ0) is 27.9. The van der Waals surface area contributed by atoms with Gasteiger partial charge in [-0.3, -0.25) is 19.7 Å². The summed E-state index contributed by atoms with van der Waals surface area (Å²) in [5.74, 6) is -1.34. The number of nitro groups is 1. The lowest BCUT2D eigenvalue weighted by Crippen LogP contribution is -2.18. The molecule has 0 aromatic heterocycles. The molecule has 0 unspecified atom stereocenters. The van der Waals surface area contributed by atoms with E-state index < -0.39 is 16.7 Å². The number of hydrogen-bond donors (Lipinski definition) is 0. The second kappa shape index (κ2) is 12.1. The average Bonchev–Trinajstić information content (AvgIpc) is 2.94. The number of carbonyl (C=O) groups excluding carboxylic acids is 3. The summed E-state index contributed by atoms with van der Waals surface area (Å²) in [7, 11) is 0. The minimum absolute atomic E-state index is 0.0554. The number of oxime groups is 1. The van der Waals surface area contributed by atoms with Crippen LogP contribution in [0.5, 0.6) is 0 Å². The lowest BCUT2D eigenvalue weighted by Gasteiger charge is -2.09. The first-order valence-electron chi connectivity index (χ1n) is 11.8. The van der Waals surface area contributed by atoms with Crippen LogP contribution in [0, 0.1) is 17.0 Å². The van der Waals surface area contributed by atoms with E-state index in [1.807, 2.05) is 30.3 Å². The number of ketones is 2. The summed E-state index contributed by atoms with van der Waals surface area (Å²) in [5.41, 5.74) is 1.78. The standard InChI is InChI=1S/C30H22N2O6S/c1-19-8-13-24(32(36)37)18-27(19)28(31-38-20(2)33)30(35)23-11-16-26(17-12-23)39-25-14-9-22(10-15-25)29(34)21-6-4-3-5-7-21/h3-18H,1-2H3/b31-28-. The third-order valence-electron chi connectivity index (χ3n) is 5.67. The van der Waals surface area contributed by atoms with Crippen molar-refractivity contribution in [3.63, 3.8) is 0 Å². The van der Waals surface area contributed by atoms with Gasteiger partial charge in [-0.25, -0.2) is 4.79 Å². The smallest absolute Gasteiger partial charge is 0.318 e. The molecule has 4 aromatic rings. The lowest BCUT2D eigenvalue weighted by molar-refractivity contribution is -0.384. The summed E-state index contributed by atoms with van der Waals surface area (Å²) in [6, 6.07) is 27.1. The summed E-state index contributed by atoms with van der Waals surface area (Å²) in [6.45, 7) is 2.82. The quantitative estimate of drug-likeness (QED) is 0.0792. The molecule has 0 amide bonds. The maximum Gasteiger partial charge on any atom is 0.332 e. The first kappa shape index (κ1) is 27.2. The predicted molar refractivity (Wildman–Crippen MR) is 147 cm³/mol. The van der Waals surface area contributed by atoms with E-state index in [9.17, 15) is 24.5 Å². The van der Waals surface area contributed by atoms with Crippen LogP contribution < -0.4 is 0 Å². The zero-order valence-electron chi connectivity index (χ0n) is 21.0. The Bertz CT molecular complexity index is 1580. The van der Waals surface area contributed by atoms with Crippen molar-refractivity contribution in [3.05, 3.63) is 135 Å². The summed E-state index contributed by atoms with van der Waals surface area (Å²) in [6.07, 6.45) is 0. The minimum atomic E-state index is -0.730. The second-order valence-corrected chi connectivity index (χ2v) is 9.60. The largest absolute Gasteiger partial charge is 0.332 e. The van der Waals surface area contributed by atoms with Gasteiger partial charge in [-0.1, -0.05) is 53.3 Å². The summed E-state index contributed by atoms with van der Waals surface area (Å²) >= 11 is 1.45. The highest BCUT2D eigenvalue weighted by Gasteiger charge is 2.22. The van der Waals surface area contributed by atoms with E-state index in [0.29, 0.717) is 16.7 Å². The van der Waals surface area contributed by atoms with E-state index in [2.05, 4.69) is 5.16 Å². The number of rotatable bonds is 9. The van der Waals surface area contributed by atoms with Crippen molar-refractivity contribution >= 4 is 40.7 Å². The molecule has 0 aliphatic heterocycles. The van der Waals surface area contributed by atoms with Gasteiger partial charge in [0.15, 0.2) is 11.5 Å². The topological polar surface area (TPSA) is 116 Å². The van der Waals surface area contributed by atoms with Crippen LogP contribution in [0.15, 0.2) is 112 Å². The molecule has 0 fully saturated rings. The number of benzene rings is 4. The van der Waals surface area contributed by atoms with Crippen LogP contribution in [0.2, 0.25) is 0 Å². The summed E-state index contributed by atoms with van der Waals surface area (Å²) in [5, 5.41) is 15.0. The van der Waals surface area contributed by atoms with Crippen LogP contribution >= 0.6 is 11.8 Å². The molecule has 0 aliphatic carbocycles. The first-order valence-corrected chi connectivity index (χ1v) is 12.6. The molecular weight excluding hydrogens is 516 g/mol. The molecule has 0 aliphatic rings. The molecule has 0 N–H and O–H groups in total. The Morgan fingerprint density at radius 2 is 1.36 bits per heavy atom. The number of aryl methyl sites for hydroxylation is 1. The van der Waals surface area contributed by atoms with Crippen LogP contribution in [-0.4, -0.2) is 28.2 Å². The number of Topliss-reactive ketones (excluding diaryl/α,β-unsaturated/α-hetero) is 1. The molecule has 4 rings (SSSR count). The van der Waals surface area contributed by atoms with E-state index in [0.717, 1.165) is 16.7 Å². The highest BCUT2D eigenvalue weighted by atomic mass is 32.2. The molecule has 0 atom stereocenters. The number of nitrogens with zero attached hydrogens (tertiary/aromatic N) is 2. The van der Waals surface area contributed by atoms with Gasteiger partial charge in [-0.05, 0) is 61.0 Å². The number of hydrogen-bond acceptors (Lipinski definition) is 8. The molecule has 0 radical (unpaired) electrons. The normalized spacial score (nSPS) is 11.1. The molecule has 39 heavy (non-hydrogen) atoms. The van der Waals surface area contributed by atoms with Crippen molar-refractivity contribution in [1.82, 2.24) is 0 Å². The van der Waals surface area contributed by atoms with E-state index in [1.165, 1.54) is 30.0 Å². The van der Waals surface area contributed by atoms with Gasteiger partial charge in [0.2, 0.25) is 5.78 Å². The number of carbonyl (C=O) groups is 3. The monoisotopic (exact) mass is 538 g/mol. The summed E-state index contributed by atoms with van der Waals surface area (Å²) in [4.78, 5) is 54.5. The van der Waals surface area contributed by atoms with Crippen molar-refractivity contribution in [3.8, 4) is 0 Å². The Hall–Kier alpha value is -4.89. The number of nitro benzene ring substituents is 1. The second-order valence-electron chi connectivity index (χ2n) is 8.45. The molecule has 0 saturated carbocycles. The van der Waals surface area contributed by atoms with Gasteiger partial charge in [0.1, 0.15) is 0 Å². The third kappa shape index (κ3) is 6.71. The Labute approximate surface area is 228 Å². The van der Waals surface area contributed by atoms with E-state index >= 15 is 0 Å². The SMILES string of the molecule is CC(=O)O/N=C(\C(=O)c1ccc(Sc2ccc(C(=O)c3ccccc3)cc2)cc1)c1cc([N+](=O)[O-])ccc1C. The molecule has 0 spiro atoms. The van der Waals surface area contributed by atoms with Gasteiger partial charge in [-0.15, -0.1) is 0 Å². The molecule has 9 heteroatoms. The highest BCUT2D eigenvalue weighted by Crippen LogP contribution is 2.29. The van der Waals surface area contributed by atoms with Crippen LogP contribution in [0.1, 0.15) is 44.3 Å². The maximum absolute atomic E-state index is 13.3. The van der Waals surface area contributed by atoms with Crippen molar-refractivity contribution in [1.29, 1.82) is 0 Å². The van der Waals surface area contributed by atoms with Crippen molar-refractivity contribution in [2.45, 2.75) is 23.6 Å². The fraction of sp³-hybridized carbons (Fsp3) is 0.0667. The predicted octanol–water partition coefficient (Wildman–Crippen LogP) is 6.44. The Morgan fingerprint density at radius 1 is 0.795 bits per heavy atom. The fourth-order valence-corrected chi connectivity index (χ4v) is 4.50. The maximum atomic E-state index is 13.3. The van der Waals surface area contributed by atoms with Gasteiger partial charge < -0.3 is 4.84 Å².